The predicted molar refractivity (Wildman–Crippen MR) is 122 cm³/mol. The van der Waals surface area contributed by atoms with E-state index < -0.39 is 5.41 Å². The van der Waals surface area contributed by atoms with Crippen molar-refractivity contribution < 1.29 is 9.59 Å². The van der Waals surface area contributed by atoms with Crippen LogP contribution in [-0.4, -0.2) is 71.4 Å². The maximum atomic E-state index is 13.5. The SMILES string of the molecule is Cc1cc(C)cc(C(=O)N2CCC3(CC2)CN(c2ncccn2)C[C@@]32CCN(C)C2=O)c1. The maximum Gasteiger partial charge on any atom is 0.253 e. The first-order valence-corrected chi connectivity index (χ1v) is 11.5. The minimum Gasteiger partial charge on any atom is -0.345 e. The molecule has 2 aromatic rings. The summed E-state index contributed by atoms with van der Waals surface area (Å²) in [6.45, 7) is 7.62. The lowest BCUT2D eigenvalue weighted by Crippen LogP contribution is -2.53. The Balaban J connectivity index is 1.41. The van der Waals surface area contributed by atoms with Crippen LogP contribution in [0, 0.1) is 24.7 Å². The molecule has 32 heavy (non-hydrogen) atoms. The number of rotatable bonds is 2. The Morgan fingerprint density at radius 2 is 1.59 bits per heavy atom. The monoisotopic (exact) mass is 433 g/mol. The van der Waals surface area contributed by atoms with Crippen LogP contribution in [0.4, 0.5) is 5.95 Å². The smallest absolute Gasteiger partial charge is 0.253 e. The van der Waals surface area contributed by atoms with Crippen LogP contribution in [-0.2, 0) is 4.79 Å². The molecular formula is C25H31N5O2. The third-order valence-corrected chi connectivity index (χ3v) is 7.91. The highest BCUT2D eigenvalue weighted by molar-refractivity contribution is 5.95. The molecule has 4 heterocycles. The van der Waals surface area contributed by atoms with Crippen molar-refractivity contribution in [1.82, 2.24) is 19.8 Å². The summed E-state index contributed by atoms with van der Waals surface area (Å²) < 4.78 is 0. The molecule has 0 N–H and O–H groups in total. The van der Waals surface area contributed by atoms with Crippen LogP contribution in [0.2, 0.25) is 0 Å². The zero-order valence-corrected chi connectivity index (χ0v) is 19.2. The summed E-state index contributed by atoms with van der Waals surface area (Å²) >= 11 is 0. The molecule has 3 saturated heterocycles. The van der Waals surface area contributed by atoms with Gasteiger partial charge in [-0.25, -0.2) is 9.97 Å². The van der Waals surface area contributed by atoms with Crippen LogP contribution in [0.25, 0.3) is 0 Å². The molecule has 7 nitrogen and oxygen atoms in total. The highest BCUT2D eigenvalue weighted by Crippen LogP contribution is 2.58. The number of aryl methyl sites for hydroxylation is 2. The fourth-order valence-corrected chi connectivity index (χ4v) is 6.29. The lowest BCUT2D eigenvalue weighted by atomic mass is 9.60. The number of amides is 2. The maximum absolute atomic E-state index is 13.5. The van der Waals surface area contributed by atoms with Crippen LogP contribution in [0.15, 0.2) is 36.7 Å². The molecule has 0 aliphatic carbocycles. The third-order valence-electron chi connectivity index (χ3n) is 7.91. The first-order chi connectivity index (χ1) is 15.3. The first-order valence-electron chi connectivity index (χ1n) is 11.5. The second-order valence-electron chi connectivity index (χ2n) is 9.91. The predicted octanol–water partition coefficient (Wildman–Crippen LogP) is 2.68. The van der Waals surface area contributed by atoms with E-state index in [9.17, 15) is 9.59 Å². The number of hydrogen-bond donors (Lipinski definition) is 0. The second kappa shape index (κ2) is 7.57. The van der Waals surface area contributed by atoms with Gasteiger partial charge in [0.1, 0.15) is 0 Å². The molecule has 7 heteroatoms. The summed E-state index contributed by atoms with van der Waals surface area (Å²) in [4.78, 5) is 41.7. The average Bonchev–Trinajstić information content (AvgIpc) is 3.26. The number of carbonyl (C=O) groups is 2. The van der Waals surface area contributed by atoms with E-state index in [-0.39, 0.29) is 17.2 Å². The van der Waals surface area contributed by atoms with E-state index in [4.69, 9.17) is 0 Å². The Labute approximate surface area is 189 Å². The Morgan fingerprint density at radius 1 is 0.938 bits per heavy atom. The highest BCUT2D eigenvalue weighted by Gasteiger charge is 2.65. The van der Waals surface area contributed by atoms with Crippen molar-refractivity contribution in [2.45, 2.75) is 33.1 Å². The Bertz CT molecular complexity index is 1030. The number of hydrogen-bond acceptors (Lipinski definition) is 5. The van der Waals surface area contributed by atoms with E-state index in [1.165, 1.54) is 0 Å². The summed E-state index contributed by atoms with van der Waals surface area (Å²) in [7, 11) is 1.91. The van der Waals surface area contributed by atoms with Crippen molar-refractivity contribution in [2.75, 3.05) is 44.7 Å². The van der Waals surface area contributed by atoms with E-state index >= 15 is 0 Å². The molecule has 5 rings (SSSR count). The van der Waals surface area contributed by atoms with Gasteiger partial charge in [0.15, 0.2) is 0 Å². The van der Waals surface area contributed by atoms with Gasteiger partial charge in [0.05, 0.1) is 5.41 Å². The van der Waals surface area contributed by atoms with E-state index in [0.29, 0.717) is 25.6 Å². The Kier molecular flexibility index (Phi) is 4.95. The summed E-state index contributed by atoms with van der Waals surface area (Å²) in [6, 6.07) is 7.85. The van der Waals surface area contributed by atoms with Gasteiger partial charge in [-0.2, -0.15) is 0 Å². The molecule has 0 unspecified atom stereocenters. The van der Waals surface area contributed by atoms with Crippen molar-refractivity contribution in [1.29, 1.82) is 0 Å². The van der Waals surface area contributed by atoms with Gasteiger partial charge in [0.25, 0.3) is 5.91 Å². The number of carbonyl (C=O) groups excluding carboxylic acids is 2. The zero-order valence-electron chi connectivity index (χ0n) is 19.2. The largest absolute Gasteiger partial charge is 0.345 e. The Hall–Kier alpha value is -2.96. The molecule has 1 aromatic heterocycles. The number of piperidine rings is 1. The van der Waals surface area contributed by atoms with Crippen molar-refractivity contribution in [3.8, 4) is 0 Å². The molecule has 2 spiro atoms. The first kappa shape index (κ1) is 20.9. The second-order valence-corrected chi connectivity index (χ2v) is 9.91. The normalized spacial score (nSPS) is 24.7. The van der Waals surface area contributed by atoms with Gasteiger partial charge in [-0.1, -0.05) is 17.2 Å². The quantitative estimate of drug-likeness (QED) is 0.728. The molecular weight excluding hydrogens is 402 g/mol. The standard InChI is InChI=1S/C25H31N5O2/c1-18-13-19(2)15-20(14-18)21(31)29-11-5-24(6-12-29)16-30(23-26-8-4-9-27-23)17-25(24)7-10-28(3)22(25)32/h4,8-9,13-15H,5-7,10-12,16-17H2,1-3H3/t25-/m1/s1. The molecule has 2 amide bonds. The molecule has 3 aliphatic heterocycles. The highest BCUT2D eigenvalue weighted by atomic mass is 16.2. The number of fused-ring (bicyclic) bond motifs is 1. The minimum absolute atomic E-state index is 0.0943. The molecule has 1 atom stereocenters. The van der Waals surface area contributed by atoms with Crippen LogP contribution >= 0.6 is 0 Å². The van der Waals surface area contributed by atoms with Gasteiger partial charge >= 0.3 is 0 Å². The summed E-state index contributed by atoms with van der Waals surface area (Å²) in [5.41, 5.74) is 2.39. The van der Waals surface area contributed by atoms with Crippen LogP contribution in [0.5, 0.6) is 0 Å². The van der Waals surface area contributed by atoms with Crippen LogP contribution in [0.1, 0.15) is 40.7 Å². The molecule has 3 fully saturated rings. The van der Waals surface area contributed by atoms with E-state index in [1.807, 2.05) is 48.9 Å². The zero-order chi connectivity index (χ0) is 22.5. The fourth-order valence-electron chi connectivity index (χ4n) is 6.29. The lowest BCUT2D eigenvalue weighted by molar-refractivity contribution is -0.140. The summed E-state index contributed by atoms with van der Waals surface area (Å²) in [6.07, 6.45) is 6.02. The van der Waals surface area contributed by atoms with Crippen molar-refractivity contribution >= 4 is 17.8 Å². The van der Waals surface area contributed by atoms with Gasteiger partial charge in [-0.05, 0) is 51.3 Å². The summed E-state index contributed by atoms with van der Waals surface area (Å²) in [5, 5.41) is 0. The van der Waals surface area contributed by atoms with Gasteiger partial charge in [-0.3, -0.25) is 9.59 Å². The minimum atomic E-state index is -0.421. The number of benzene rings is 1. The molecule has 168 valence electrons. The van der Waals surface area contributed by atoms with Crippen LogP contribution in [0.3, 0.4) is 0 Å². The lowest BCUT2D eigenvalue weighted by Gasteiger charge is -2.46. The molecule has 3 aliphatic rings. The van der Waals surface area contributed by atoms with E-state index in [1.54, 1.807) is 12.4 Å². The topological polar surface area (TPSA) is 69.6 Å². The van der Waals surface area contributed by atoms with Gasteiger partial charge in [0, 0.05) is 63.1 Å². The van der Waals surface area contributed by atoms with Crippen molar-refractivity contribution in [3.63, 3.8) is 0 Å². The van der Waals surface area contributed by atoms with Crippen molar-refractivity contribution in [3.05, 3.63) is 53.3 Å². The average molecular weight is 434 g/mol. The molecule has 1 aromatic carbocycles. The van der Waals surface area contributed by atoms with Gasteiger partial charge in [0.2, 0.25) is 11.9 Å². The number of likely N-dealkylation sites (tertiary alicyclic amines) is 2. The molecule has 0 radical (unpaired) electrons. The van der Waals surface area contributed by atoms with Gasteiger partial charge in [-0.15, -0.1) is 0 Å². The van der Waals surface area contributed by atoms with Gasteiger partial charge < -0.3 is 14.7 Å². The third kappa shape index (κ3) is 3.17. The number of nitrogens with zero attached hydrogens (tertiary/aromatic N) is 5. The Morgan fingerprint density at radius 3 is 2.19 bits per heavy atom. The van der Waals surface area contributed by atoms with E-state index in [0.717, 1.165) is 49.0 Å². The fraction of sp³-hybridized carbons (Fsp3) is 0.520. The van der Waals surface area contributed by atoms with Crippen LogP contribution < -0.4 is 4.90 Å². The van der Waals surface area contributed by atoms with E-state index in [2.05, 4.69) is 20.9 Å². The number of aromatic nitrogens is 2. The molecule has 0 bridgehead atoms. The van der Waals surface area contributed by atoms with Crippen molar-refractivity contribution in [2.24, 2.45) is 10.8 Å². The number of anilines is 1. The molecule has 0 saturated carbocycles. The summed E-state index contributed by atoms with van der Waals surface area (Å²) in [5.74, 6) is 1.03.